The van der Waals surface area contributed by atoms with E-state index in [4.69, 9.17) is 5.11 Å². The monoisotopic (exact) mass is 372 g/mol. The van der Waals surface area contributed by atoms with E-state index in [0.29, 0.717) is 5.69 Å². The molecule has 27 heavy (non-hydrogen) atoms. The number of para-hydroxylation sites is 2. The quantitative estimate of drug-likeness (QED) is 0.326. The predicted molar refractivity (Wildman–Crippen MR) is 106 cm³/mol. The molecule has 5 N–H and O–H groups in total. The van der Waals surface area contributed by atoms with E-state index < -0.39 is 24.9 Å². The van der Waals surface area contributed by atoms with E-state index in [9.17, 15) is 15.3 Å². The predicted octanol–water partition coefficient (Wildman–Crippen LogP) is 0.652. The molecule has 144 valence electrons. The molecule has 2 aromatic carbocycles. The standard InChI is InChI=1S/C19H24N4O4/c1-23(15-10-6-3-7-11-15)20-12-16(18(26)19(27)17(25)13-24)22-21-14-8-4-2-5-9-14/h2-12,17-19,21,24-27H,13H2,1H3/b20-12-,22-16-/t17-,18-,19-/m1/s1. The summed E-state index contributed by atoms with van der Waals surface area (Å²) in [5.41, 5.74) is 4.24. The minimum absolute atomic E-state index is 0.0124. The highest BCUT2D eigenvalue weighted by Crippen LogP contribution is 2.11. The first kappa shape index (κ1) is 20.5. The van der Waals surface area contributed by atoms with E-state index in [2.05, 4.69) is 15.6 Å². The van der Waals surface area contributed by atoms with Crippen molar-refractivity contribution in [1.29, 1.82) is 0 Å². The Kier molecular flexibility index (Phi) is 7.90. The second-order valence-electron chi connectivity index (χ2n) is 5.80. The number of hydrogen-bond donors (Lipinski definition) is 5. The van der Waals surface area contributed by atoms with Crippen molar-refractivity contribution in [3.63, 3.8) is 0 Å². The van der Waals surface area contributed by atoms with Crippen LogP contribution in [0.3, 0.4) is 0 Å². The van der Waals surface area contributed by atoms with Gasteiger partial charge in [-0.1, -0.05) is 36.4 Å². The third-order valence-corrected chi connectivity index (χ3v) is 3.79. The van der Waals surface area contributed by atoms with Gasteiger partial charge >= 0.3 is 0 Å². The molecule has 0 radical (unpaired) electrons. The summed E-state index contributed by atoms with van der Waals surface area (Å²) in [7, 11) is 1.72. The third-order valence-electron chi connectivity index (χ3n) is 3.79. The molecular weight excluding hydrogens is 348 g/mol. The molecule has 0 heterocycles. The van der Waals surface area contributed by atoms with Gasteiger partial charge in [0, 0.05) is 7.05 Å². The van der Waals surface area contributed by atoms with Crippen LogP contribution in [0.2, 0.25) is 0 Å². The molecule has 0 bridgehead atoms. The Hall–Kier alpha value is -2.78. The summed E-state index contributed by atoms with van der Waals surface area (Å²) < 4.78 is 0. The lowest BCUT2D eigenvalue weighted by Gasteiger charge is -2.21. The number of nitrogens with zero attached hydrogens (tertiary/aromatic N) is 3. The molecule has 8 heteroatoms. The number of anilines is 2. The van der Waals surface area contributed by atoms with Gasteiger partial charge in [0.15, 0.2) is 0 Å². The van der Waals surface area contributed by atoms with Crippen molar-refractivity contribution in [3.05, 3.63) is 60.7 Å². The molecular formula is C19H24N4O4. The molecule has 0 aliphatic rings. The Balaban J connectivity index is 2.21. The van der Waals surface area contributed by atoms with Gasteiger partial charge < -0.3 is 20.4 Å². The molecule has 8 nitrogen and oxygen atoms in total. The summed E-state index contributed by atoms with van der Waals surface area (Å²) in [4.78, 5) is 0. The SMILES string of the molecule is CN(/N=C\C(=N\Nc1ccccc1)[C@@H](O)[C@H](O)[C@H](O)CO)c1ccccc1. The van der Waals surface area contributed by atoms with Crippen LogP contribution >= 0.6 is 0 Å². The van der Waals surface area contributed by atoms with Gasteiger partial charge in [0.1, 0.15) is 24.0 Å². The van der Waals surface area contributed by atoms with E-state index >= 15 is 0 Å². The normalized spacial score (nSPS) is 15.4. The molecule has 0 aliphatic carbocycles. The Morgan fingerprint density at radius 2 is 1.63 bits per heavy atom. The van der Waals surface area contributed by atoms with Crippen molar-refractivity contribution in [2.24, 2.45) is 10.2 Å². The highest BCUT2D eigenvalue weighted by atomic mass is 16.4. The van der Waals surface area contributed by atoms with Crippen LogP contribution in [0.5, 0.6) is 0 Å². The molecule has 0 aliphatic heterocycles. The number of hydrazone groups is 2. The van der Waals surface area contributed by atoms with Crippen molar-refractivity contribution in [2.75, 3.05) is 24.1 Å². The topological polar surface area (TPSA) is 121 Å². The van der Waals surface area contributed by atoms with Crippen molar-refractivity contribution in [2.45, 2.75) is 18.3 Å². The van der Waals surface area contributed by atoms with Crippen LogP contribution in [0.4, 0.5) is 11.4 Å². The van der Waals surface area contributed by atoms with E-state index in [-0.39, 0.29) is 5.71 Å². The van der Waals surface area contributed by atoms with E-state index in [1.165, 1.54) is 6.21 Å². The molecule has 0 unspecified atom stereocenters. The average Bonchev–Trinajstić information content (AvgIpc) is 2.73. The number of nitrogens with one attached hydrogen (secondary N) is 1. The number of benzene rings is 2. The molecule has 2 rings (SSSR count). The van der Waals surface area contributed by atoms with Crippen LogP contribution < -0.4 is 10.4 Å². The van der Waals surface area contributed by atoms with Crippen LogP contribution in [0.25, 0.3) is 0 Å². The molecule has 0 amide bonds. The maximum absolute atomic E-state index is 10.3. The molecule has 0 spiro atoms. The van der Waals surface area contributed by atoms with Crippen LogP contribution in [0, 0.1) is 0 Å². The van der Waals surface area contributed by atoms with Gasteiger partial charge in [-0.3, -0.25) is 10.4 Å². The second kappa shape index (κ2) is 10.4. The molecule has 0 saturated carbocycles. The van der Waals surface area contributed by atoms with Gasteiger partial charge in [-0.2, -0.15) is 10.2 Å². The first-order chi connectivity index (χ1) is 13.0. The zero-order valence-electron chi connectivity index (χ0n) is 14.9. The Bertz CT molecular complexity index is 740. The van der Waals surface area contributed by atoms with Crippen LogP contribution in [0.1, 0.15) is 0 Å². The lowest BCUT2D eigenvalue weighted by atomic mass is 10.0. The van der Waals surface area contributed by atoms with Gasteiger partial charge in [-0.15, -0.1) is 0 Å². The molecule has 0 saturated heterocycles. The fourth-order valence-electron chi connectivity index (χ4n) is 2.16. The Morgan fingerprint density at radius 3 is 2.22 bits per heavy atom. The first-order valence-corrected chi connectivity index (χ1v) is 8.39. The van der Waals surface area contributed by atoms with Crippen LogP contribution in [-0.4, -0.2) is 64.3 Å². The fraction of sp³-hybridized carbons (Fsp3) is 0.263. The Morgan fingerprint density at radius 1 is 1.04 bits per heavy atom. The summed E-state index contributed by atoms with van der Waals surface area (Å²) in [5, 5.41) is 48.8. The van der Waals surface area contributed by atoms with Crippen molar-refractivity contribution >= 4 is 23.3 Å². The van der Waals surface area contributed by atoms with E-state index in [0.717, 1.165) is 5.69 Å². The summed E-state index contributed by atoms with van der Waals surface area (Å²) in [6, 6.07) is 18.4. The first-order valence-electron chi connectivity index (χ1n) is 8.39. The molecule has 3 atom stereocenters. The van der Waals surface area contributed by atoms with Gasteiger partial charge in [0.2, 0.25) is 0 Å². The smallest absolute Gasteiger partial charge is 0.128 e. The van der Waals surface area contributed by atoms with Gasteiger partial charge in [0.25, 0.3) is 0 Å². The average molecular weight is 372 g/mol. The lowest BCUT2D eigenvalue weighted by Crippen LogP contribution is -2.44. The molecule has 2 aromatic rings. The molecule has 0 aromatic heterocycles. The minimum Gasteiger partial charge on any atom is -0.394 e. The van der Waals surface area contributed by atoms with Crippen molar-refractivity contribution in [1.82, 2.24) is 0 Å². The number of aliphatic hydroxyl groups is 4. The zero-order valence-corrected chi connectivity index (χ0v) is 14.9. The summed E-state index contributed by atoms with van der Waals surface area (Å²) in [6.45, 7) is -0.696. The van der Waals surface area contributed by atoms with Crippen molar-refractivity contribution < 1.29 is 20.4 Å². The van der Waals surface area contributed by atoms with Crippen molar-refractivity contribution in [3.8, 4) is 0 Å². The maximum atomic E-state index is 10.3. The summed E-state index contributed by atoms with van der Waals surface area (Å²) in [5.74, 6) is 0. The largest absolute Gasteiger partial charge is 0.394 e. The maximum Gasteiger partial charge on any atom is 0.128 e. The van der Waals surface area contributed by atoms with Crippen LogP contribution in [0.15, 0.2) is 70.9 Å². The highest BCUT2D eigenvalue weighted by molar-refractivity contribution is 6.33. The Labute approximate surface area is 157 Å². The van der Waals surface area contributed by atoms with Gasteiger partial charge in [-0.25, -0.2) is 0 Å². The van der Waals surface area contributed by atoms with Gasteiger partial charge in [-0.05, 0) is 24.3 Å². The lowest BCUT2D eigenvalue weighted by molar-refractivity contribution is -0.0548. The number of hydrogen-bond acceptors (Lipinski definition) is 8. The zero-order chi connectivity index (χ0) is 19.6. The second-order valence-corrected chi connectivity index (χ2v) is 5.80. The van der Waals surface area contributed by atoms with E-state index in [1.807, 2.05) is 48.5 Å². The fourth-order valence-corrected chi connectivity index (χ4v) is 2.16. The summed E-state index contributed by atoms with van der Waals surface area (Å²) >= 11 is 0. The summed E-state index contributed by atoms with van der Waals surface area (Å²) in [6.07, 6.45) is -3.42. The number of aliphatic hydroxyl groups excluding tert-OH is 4. The highest BCUT2D eigenvalue weighted by Gasteiger charge is 2.28. The minimum atomic E-state index is -1.63. The van der Waals surface area contributed by atoms with E-state index in [1.54, 1.807) is 24.2 Å². The van der Waals surface area contributed by atoms with Crippen LogP contribution in [-0.2, 0) is 0 Å². The number of rotatable bonds is 9. The third kappa shape index (κ3) is 6.15. The molecule has 0 fully saturated rings. The van der Waals surface area contributed by atoms with Gasteiger partial charge in [0.05, 0.1) is 24.2 Å².